The van der Waals surface area contributed by atoms with Crippen molar-refractivity contribution in [1.29, 1.82) is 0 Å². The van der Waals surface area contributed by atoms with E-state index in [-0.39, 0.29) is 11.9 Å². The molecule has 0 aliphatic heterocycles. The third-order valence-corrected chi connectivity index (χ3v) is 8.67. The molecule has 1 fully saturated rings. The first kappa shape index (κ1) is 22.2. The second-order valence-electron chi connectivity index (χ2n) is 8.62. The number of aromatic nitrogens is 3. The lowest BCUT2D eigenvalue weighted by atomic mass is 9.95. The predicted octanol–water partition coefficient (Wildman–Crippen LogP) is 4.81. The molecule has 2 aliphatic rings. The molecule has 0 bridgehead atoms. The van der Waals surface area contributed by atoms with Gasteiger partial charge in [-0.3, -0.25) is 14.2 Å². The number of hydrogen-bond acceptors (Lipinski definition) is 7. The van der Waals surface area contributed by atoms with Gasteiger partial charge in [-0.15, -0.1) is 21.5 Å². The number of rotatable bonds is 7. The average Bonchev–Trinajstić information content (AvgIpc) is 3.58. The van der Waals surface area contributed by atoms with E-state index in [0.29, 0.717) is 27.3 Å². The maximum atomic E-state index is 13.1. The summed E-state index contributed by atoms with van der Waals surface area (Å²) in [7, 11) is 0. The molecule has 0 spiro atoms. The van der Waals surface area contributed by atoms with Crippen LogP contribution in [0.15, 0.2) is 28.0 Å². The number of thiophene rings is 1. The zero-order valence-corrected chi connectivity index (χ0v) is 20.1. The molecule has 1 saturated carbocycles. The third-order valence-electron chi connectivity index (χ3n) is 6.40. The highest BCUT2D eigenvalue weighted by Gasteiger charge is 2.30. The summed E-state index contributed by atoms with van der Waals surface area (Å²) in [6.07, 6.45) is 10.1. The summed E-state index contributed by atoms with van der Waals surface area (Å²) in [5.41, 5.74) is 7.12. The van der Waals surface area contributed by atoms with Gasteiger partial charge < -0.3 is 15.5 Å². The lowest BCUT2D eigenvalue weighted by Gasteiger charge is -2.25. The Labute approximate surface area is 200 Å². The van der Waals surface area contributed by atoms with E-state index in [2.05, 4.69) is 20.1 Å². The first-order valence-corrected chi connectivity index (χ1v) is 13.1. The maximum Gasteiger partial charge on any atom is 0.251 e. The number of carbonyl (C=O) groups excluding carboxylic acids is 2. The Morgan fingerprint density at radius 3 is 2.79 bits per heavy atom. The Hall–Kier alpha value is -2.59. The Morgan fingerprint density at radius 1 is 1.24 bits per heavy atom. The first-order chi connectivity index (χ1) is 16.0. The van der Waals surface area contributed by atoms with Gasteiger partial charge in [0.2, 0.25) is 11.7 Å². The molecular formula is C23H27N5O3S2. The molecule has 0 unspecified atom stereocenters. The zero-order valence-electron chi connectivity index (χ0n) is 18.5. The molecule has 3 heterocycles. The fourth-order valence-electron chi connectivity index (χ4n) is 4.78. The monoisotopic (exact) mass is 485 g/mol. The highest BCUT2D eigenvalue weighted by molar-refractivity contribution is 8.00. The minimum absolute atomic E-state index is 0.180. The van der Waals surface area contributed by atoms with Crippen molar-refractivity contribution in [2.24, 2.45) is 5.73 Å². The van der Waals surface area contributed by atoms with Gasteiger partial charge in [0.15, 0.2) is 10.9 Å². The van der Waals surface area contributed by atoms with Gasteiger partial charge in [-0.1, -0.05) is 31.0 Å². The fraction of sp³-hybridized carbons (Fsp3) is 0.478. The van der Waals surface area contributed by atoms with Crippen LogP contribution in [-0.4, -0.2) is 31.8 Å². The number of primary amides is 1. The van der Waals surface area contributed by atoms with E-state index in [1.165, 1.54) is 42.4 Å². The predicted molar refractivity (Wildman–Crippen MR) is 129 cm³/mol. The second kappa shape index (κ2) is 9.34. The molecule has 3 aromatic heterocycles. The largest absolute Gasteiger partial charge is 0.461 e. The number of aryl methyl sites for hydroxylation is 1. The summed E-state index contributed by atoms with van der Waals surface area (Å²) >= 11 is 2.85. The Balaban J connectivity index is 1.37. The topological polar surface area (TPSA) is 116 Å². The number of carbonyl (C=O) groups is 2. The number of nitrogens with two attached hydrogens (primary N) is 1. The lowest BCUT2D eigenvalue weighted by Crippen LogP contribution is -2.25. The molecule has 174 valence electrons. The Morgan fingerprint density at radius 2 is 2.06 bits per heavy atom. The van der Waals surface area contributed by atoms with Gasteiger partial charge in [-0.25, -0.2) is 0 Å². The molecule has 5 rings (SSSR count). The Kier molecular flexibility index (Phi) is 6.29. The third kappa shape index (κ3) is 4.33. The van der Waals surface area contributed by atoms with E-state index in [0.717, 1.165) is 42.5 Å². The van der Waals surface area contributed by atoms with Crippen LogP contribution in [-0.2, 0) is 17.6 Å². The summed E-state index contributed by atoms with van der Waals surface area (Å²) < 4.78 is 7.75. The normalized spacial score (nSPS) is 17.1. The van der Waals surface area contributed by atoms with Crippen LogP contribution in [0.4, 0.5) is 5.00 Å². The highest BCUT2D eigenvalue weighted by Crippen LogP contribution is 2.40. The quantitative estimate of drug-likeness (QED) is 0.464. The summed E-state index contributed by atoms with van der Waals surface area (Å²) in [5, 5.41) is 12.6. The van der Waals surface area contributed by atoms with Gasteiger partial charge in [0.25, 0.3) is 5.91 Å². The number of anilines is 1. The van der Waals surface area contributed by atoms with Crippen molar-refractivity contribution in [3.05, 3.63) is 34.4 Å². The molecule has 33 heavy (non-hydrogen) atoms. The van der Waals surface area contributed by atoms with Crippen LogP contribution in [0.5, 0.6) is 0 Å². The zero-order chi connectivity index (χ0) is 22.9. The van der Waals surface area contributed by atoms with Gasteiger partial charge in [0, 0.05) is 10.9 Å². The van der Waals surface area contributed by atoms with Crippen molar-refractivity contribution < 1.29 is 14.0 Å². The van der Waals surface area contributed by atoms with Gasteiger partial charge in [0.1, 0.15) is 5.00 Å². The summed E-state index contributed by atoms with van der Waals surface area (Å²) in [6.45, 7) is 1.84. The fourth-order valence-corrected chi connectivity index (χ4v) is 6.99. The number of furan rings is 1. The van der Waals surface area contributed by atoms with Crippen LogP contribution in [0.1, 0.15) is 72.3 Å². The molecular weight excluding hydrogens is 458 g/mol. The van der Waals surface area contributed by atoms with Crippen molar-refractivity contribution in [2.75, 3.05) is 5.32 Å². The van der Waals surface area contributed by atoms with Crippen molar-refractivity contribution in [3.8, 4) is 11.6 Å². The highest BCUT2D eigenvalue weighted by atomic mass is 32.2. The van der Waals surface area contributed by atoms with Crippen molar-refractivity contribution in [3.63, 3.8) is 0 Å². The van der Waals surface area contributed by atoms with Gasteiger partial charge in [-0.05, 0) is 56.7 Å². The summed E-state index contributed by atoms with van der Waals surface area (Å²) in [6, 6.07) is 4.01. The minimum Gasteiger partial charge on any atom is -0.461 e. The molecule has 8 nitrogen and oxygen atoms in total. The van der Waals surface area contributed by atoms with Gasteiger partial charge in [-0.2, -0.15) is 0 Å². The van der Waals surface area contributed by atoms with Crippen LogP contribution >= 0.6 is 23.1 Å². The number of nitrogens with one attached hydrogen (secondary N) is 1. The van der Waals surface area contributed by atoms with Crippen LogP contribution in [0.2, 0.25) is 0 Å². The molecule has 2 amide bonds. The number of thioether (sulfide) groups is 1. The molecule has 3 N–H and O–H groups in total. The van der Waals surface area contributed by atoms with E-state index < -0.39 is 11.2 Å². The van der Waals surface area contributed by atoms with Crippen LogP contribution in [0, 0.1) is 0 Å². The molecule has 3 aromatic rings. The first-order valence-electron chi connectivity index (χ1n) is 11.4. The number of amides is 2. The second-order valence-corrected chi connectivity index (χ2v) is 11.0. The standard InChI is InChI=1S/C23H27N5O3S2/c1-13(21(30)25-22-18(19(24)29)15-9-5-11-17(15)33-22)32-23-27-26-20(16-10-6-12-31-16)28(23)14-7-3-2-4-8-14/h6,10,12-14H,2-5,7-9,11H2,1H3,(H2,24,29)(H,25,30)/t13-/m0/s1. The van der Waals surface area contributed by atoms with E-state index in [1.807, 2.05) is 19.1 Å². The van der Waals surface area contributed by atoms with Gasteiger partial charge in [0.05, 0.1) is 17.1 Å². The summed E-state index contributed by atoms with van der Waals surface area (Å²) in [4.78, 5) is 26.3. The van der Waals surface area contributed by atoms with Crippen molar-refractivity contribution >= 4 is 39.9 Å². The molecule has 0 aromatic carbocycles. The van der Waals surface area contributed by atoms with Crippen LogP contribution < -0.4 is 11.1 Å². The number of hydrogen-bond donors (Lipinski definition) is 2. The van der Waals surface area contributed by atoms with Gasteiger partial charge >= 0.3 is 0 Å². The van der Waals surface area contributed by atoms with E-state index in [9.17, 15) is 9.59 Å². The maximum absolute atomic E-state index is 13.1. The van der Waals surface area contributed by atoms with E-state index >= 15 is 0 Å². The smallest absolute Gasteiger partial charge is 0.251 e. The molecule has 2 aliphatic carbocycles. The van der Waals surface area contributed by atoms with E-state index in [1.54, 1.807) is 6.26 Å². The minimum atomic E-state index is -0.481. The summed E-state index contributed by atoms with van der Waals surface area (Å²) in [5.74, 6) is 0.717. The lowest BCUT2D eigenvalue weighted by molar-refractivity contribution is -0.115. The SMILES string of the molecule is C[C@H](Sc1nnc(-c2ccco2)n1C1CCCCC1)C(=O)Nc1sc2c(c1C(N)=O)CCC2. The molecule has 0 radical (unpaired) electrons. The van der Waals surface area contributed by atoms with Crippen molar-refractivity contribution in [1.82, 2.24) is 14.8 Å². The molecule has 10 heteroatoms. The average molecular weight is 486 g/mol. The van der Waals surface area contributed by atoms with Crippen LogP contribution in [0.3, 0.4) is 0 Å². The Bertz CT molecular complexity index is 1160. The van der Waals surface area contributed by atoms with E-state index in [4.69, 9.17) is 10.2 Å². The van der Waals surface area contributed by atoms with Crippen molar-refractivity contribution in [2.45, 2.75) is 74.7 Å². The van der Waals surface area contributed by atoms with Crippen LogP contribution in [0.25, 0.3) is 11.6 Å². The molecule has 0 saturated heterocycles. The number of nitrogens with zero attached hydrogens (tertiary/aromatic N) is 3. The molecule has 1 atom stereocenters. The number of fused-ring (bicyclic) bond motifs is 1.